The van der Waals surface area contributed by atoms with Crippen molar-refractivity contribution < 1.29 is 24.4 Å². The Hall–Kier alpha value is -3.01. The molecule has 1 aromatic heterocycles. The van der Waals surface area contributed by atoms with E-state index in [1.54, 1.807) is 0 Å². The predicted octanol–water partition coefficient (Wildman–Crippen LogP) is 2.43. The quantitative estimate of drug-likeness (QED) is 0.611. The zero-order valence-electron chi connectivity index (χ0n) is 11.6. The number of aromatic nitrogens is 1. The maximum absolute atomic E-state index is 11.6. The molecule has 0 fully saturated rings. The van der Waals surface area contributed by atoms with E-state index >= 15 is 0 Å². The second kappa shape index (κ2) is 7.31. The smallest absolute Gasteiger partial charge is 0.413 e. The minimum Gasteiger partial charge on any atom is -0.481 e. The number of nitro groups is 1. The minimum absolute atomic E-state index is 0.0491. The van der Waals surface area contributed by atoms with E-state index in [1.807, 2.05) is 0 Å². The molecule has 1 aromatic carbocycles. The minimum atomic E-state index is -1.01. The van der Waals surface area contributed by atoms with Gasteiger partial charge in [0.25, 0.3) is 5.69 Å². The number of non-ortho nitro benzene ring substituents is 1. The fraction of sp³-hybridized carbons (Fsp3) is 0.154. The van der Waals surface area contributed by atoms with Gasteiger partial charge in [0, 0.05) is 17.5 Å². The van der Waals surface area contributed by atoms with Crippen LogP contribution in [0.1, 0.15) is 11.3 Å². The molecular formula is C13H11N3O6S. The average Bonchev–Trinajstić information content (AvgIpc) is 2.91. The number of hydrogen-bond acceptors (Lipinski definition) is 7. The Morgan fingerprint density at radius 3 is 2.65 bits per heavy atom. The third kappa shape index (κ3) is 5.04. The summed E-state index contributed by atoms with van der Waals surface area (Å²) in [5.41, 5.74) is 0.886. The molecule has 0 saturated heterocycles. The third-order valence-electron chi connectivity index (χ3n) is 2.61. The van der Waals surface area contributed by atoms with Gasteiger partial charge in [0.1, 0.15) is 6.61 Å². The monoisotopic (exact) mass is 337 g/mol. The number of anilines is 1. The van der Waals surface area contributed by atoms with Gasteiger partial charge in [0.05, 0.1) is 17.0 Å². The summed E-state index contributed by atoms with van der Waals surface area (Å²) in [6.45, 7) is -0.0583. The molecule has 1 heterocycles. The van der Waals surface area contributed by atoms with Gasteiger partial charge in [-0.3, -0.25) is 20.2 Å². The molecule has 0 saturated carbocycles. The molecule has 10 heteroatoms. The first kappa shape index (κ1) is 16.4. The molecule has 0 aliphatic carbocycles. The Morgan fingerprint density at radius 1 is 1.35 bits per heavy atom. The summed E-state index contributed by atoms with van der Waals surface area (Å²) in [6.07, 6.45) is -0.977. The molecule has 1 amide bonds. The number of benzene rings is 1. The summed E-state index contributed by atoms with van der Waals surface area (Å²) < 4.78 is 4.95. The van der Waals surface area contributed by atoms with Crippen molar-refractivity contribution in [3.05, 3.63) is 51.0 Å². The summed E-state index contributed by atoms with van der Waals surface area (Å²) in [5.74, 6) is -1.01. The van der Waals surface area contributed by atoms with Crippen LogP contribution in [0.2, 0.25) is 0 Å². The second-order valence-corrected chi connectivity index (χ2v) is 5.20. The molecule has 0 aliphatic heterocycles. The number of amides is 1. The van der Waals surface area contributed by atoms with Crippen LogP contribution < -0.4 is 5.32 Å². The van der Waals surface area contributed by atoms with Crippen LogP contribution in [0, 0.1) is 10.1 Å². The van der Waals surface area contributed by atoms with Crippen molar-refractivity contribution in [3.63, 3.8) is 0 Å². The molecular weight excluding hydrogens is 326 g/mol. The number of carboxylic acids is 1. The van der Waals surface area contributed by atoms with Crippen molar-refractivity contribution in [3.8, 4) is 0 Å². The lowest BCUT2D eigenvalue weighted by Gasteiger charge is -2.04. The first-order valence-electron chi connectivity index (χ1n) is 6.27. The number of carbonyl (C=O) groups is 2. The highest BCUT2D eigenvalue weighted by Gasteiger charge is 2.10. The average molecular weight is 337 g/mol. The maximum atomic E-state index is 11.6. The number of aliphatic carboxylic acids is 1. The Labute approximate surface area is 133 Å². The number of thiazole rings is 1. The van der Waals surface area contributed by atoms with Gasteiger partial charge in [-0.15, -0.1) is 11.3 Å². The van der Waals surface area contributed by atoms with Crippen LogP contribution in [0.3, 0.4) is 0 Å². The van der Waals surface area contributed by atoms with Gasteiger partial charge in [-0.2, -0.15) is 0 Å². The van der Waals surface area contributed by atoms with Crippen molar-refractivity contribution in [1.82, 2.24) is 4.98 Å². The first-order chi connectivity index (χ1) is 10.9. The molecule has 120 valence electrons. The van der Waals surface area contributed by atoms with Crippen LogP contribution in [0.5, 0.6) is 0 Å². The third-order valence-corrected chi connectivity index (χ3v) is 3.42. The summed E-state index contributed by atoms with van der Waals surface area (Å²) in [4.78, 5) is 36.1. The van der Waals surface area contributed by atoms with Gasteiger partial charge in [-0.05, 0) is 17.7 Å². The van der Waals surface area contributed by atoms with E-state index in [2.05, 4.69) is 10.3 Å². The summed E-state index contributed by atoms with van der Waals surface area (Å²) >= 11 is 1.09. The molecule has 0 atom stereocenters. The normalized spacial score (nSPS) is 10.1. The zero-order chi connectivity index (χ0) is 16.8. The number of hydrogen-bond donors (Lipinski definition) is 2. The standard InChI is InChI=1S/C13H11N3O6S/c17-11(18)5-9-7-23-12(14-9)15-13(19)22-6-8-1-3-10(4-2-8)16(20)21/h1-4,7H,5-6H2,(H,17,18)(H,14,15,19). The molecule has 2 rings (SSSR count). The van der Waals surface area contributed by atoms with Crippen molar-refractivity contribution in [1.29, 1.82) is 0 Å². The fourth-order valence-corrected chi connectivity index (χ4v) is 2.28. The van der Waals surface area contributed by atoms with Crippen LogP contribution in [-0.2, 0) is 22.6 Å². The number of rotatable bonds is 6. The Morgan fingerprint density at radius 2 is 2.04 bits per heavy atom. The second-order valence-electron chi connectivity index (χ2n) is 4.34. The molecule has 0 unspecified atom stereocenters. The van der Waals surface area contributed by atoms with E-state index in [-0.39, 0.29) is 23.8 Å². The summed E-state index contributed by atoms with van der Waals surface area (Å²) in [7, 11) is 0. The Balaban J connectivity index is 1.83. The van der Waals surface area contributed by atoms with Gasteiger partial charge >= 0.3 is 12.1 Å². The SMILES string of the molecule is O=C(O)Cc1csc(NC(=O)OCc2ccc([N+](=O)[O-])cc2)n1. The lowest BCUT2D eigenvalue weighted by molar-refractivity contribution is -0.384. The highest BCUT2D eigenvalue weighted by Crippen LogP contribution is 2.17. The van der Waals surface area contributed by atoms with E-state index in [1.165, 1.54) is 29.6 Å². The number of nitro benzene ring substituents is 1. The molecule has 9 nitrogen and oxygen atoms in total. The van der Waals surface area contributed by atoms with E-state index in [0.717, 1.165) is 11.3 Å². The van der Waals surface area contributed by atoms with Crippen LogP contribution in [0.4, 0.5) is 15.6 Å². The fourth-order valence-electron chi connectivity index (χ4n) is 1.59. The maximum Gasteiger partial charge on any atom is 0.413 e. The van der Waals surface area contributed by atoms with Gasteiger partial charge in [0.2, 0.25) is 0 Å². The molecule has 2 aromatic rings. The molecule has 0 aliphatic rings. The van der Waals surface area contributed by atoms with Crippen LogP contribution in [0.25, 0.3) is 0 Å². The van der Waals surface area contributed by atoms with Gasteiger partial charge in [-0.25, -0.2) is 9.78 Å². The summed E-state index contributed by atoms with van der Waals surface area (Å²) in [5, 5.41) is 23.3. The van der Waals surface area contributed by atoms with Gasteiger partial charge in [-0.1, -0.05) is 0 Å². The van der Waals surface area contributed by atoms with Crippen LogP contribution in [-0.4, -0.2) is 27.1 Å². The van der Waals surface area contributed by atoms with Crippen molar-refractivity contribution in [2.45, 2.75) is 13.0 Å². The Bertz CT molecular complexity index is 728. The molecule has 0 spiro atoms. The summed E-state index contributed by atoms with van der Waals surface area (Å²) in [6, 6.07) is 5.60. The first-order valence-corrected chi connectivity index (χ1v) is 7.15. The number of nitrogens with one attached hydrogen (secondary N) is 1. The molecule has 0 bridgehead atoms. The highest BCUT2D eigenvalue weighted by molar-refractivity contribution is 7.13. The van der Waals surface area contributed by atoms with E-state index in [4.69, 9.17) is 9.84 Å². The molecule has 0 radical (unpaired) electrons. The number of carboxylic acid groups (broad SMARTS) is 1. The zero-order valence-corrected chi connectivity index (χ0v) is 12.4. The van der Waals surface area contributed by atoms with Gasteiger partial charge in [0.15, 0.2) is 5.13 Å². The Kier molecular flexibility index (Phi) is 5.20. The van der Waals surface area contributed by atoms with Crippen molar-refractivity contribution >= 4 is 34.2 Å². The largest absolute Gasteiger partial charge is 0.481 e. The number of nitrogens with zero attached hydrogens (tertiary/aromatic N) is 2. The molecule has 2 N–H and O–H groups in total. The van der Waals surface area contributed by atoms with E-state index < -0.39 is 17.0 Å². The van der Waals surface area contributed by atoms with Gasteiger partial charge < -0.3 is 9.84 Å². The highest BCUT2D eigenvalue weighted by atomic mass is 32.1. The lowest BCUT2D eigenvalue weighted by atomic mass is 10.2. The van der Waals surface area contributed by atoms with Crippen LogP contribution in [0.15, 0.2) is 29.6 Å². The lowest BCUT2D eigenvalue weighted by Crippen LogP contribution is -2.13. The predicted molar refractivity (Wildman–Crippen MR) is 80.4 cm³/mol. The van der Waals surface area contributed by atoms with E-state index in [9.17, 15) is 19.7 Å². The van der Waals surface area contributed by atoms with E-state index in [0.29, 0.717) is 11.3 Å². The topological polar surface area (TPSA) is 132 Å². The van der Waals surface area contributed by atoms with Crippen LogP contribution >= 0.6 is 11.3 Å². The van der Waals surface area contributed by atoms with Crippen molar-refractivity contribution in [2.75, 3.05) is 5.32 Å². The number of carbonyl (C=O) groups excluding carboxylic acids is 1. The van der Waals surface area contributed by atoms with Crippen molar-refractivity contribution in [2.24, 2.45) is 0 Å². The number of ether oxygens (including phenoxy) is 1. The molecule has 23 heavy (non-hydrogen) atoms.